The van der Waals surface area contributed by atoms with Crippen LogP contribution in [-0.4, -0.2) is 17.0 Å². The van der Waals surface area contributed by atoms with Crippen molar-refractivity contribution in [3.05, 3.63) is 23.2 Å². The number of hydrogen-bond donors (Lipinski definition) is 2. The Morgan fingerprint density at radius 3 is 2.71 bits per heavy atom. The van der Waals surface area contributed by atoms with Crippen LogP contribution in [0.3, 0.4) is 0 Å². The lowest BCUT2D eigenvalue weighted by Crippen LogP contribution is -2.22. The van der Waals surface area contributed by atoms with Gasteiger partial charge in [-0.05, 0) is 31.7 Å². The van der Waals surface area contributed by atoms with Crippen LogP contribution in [0.15, 0.2) is 10.5 Å². The number of carbonyl (C=O) groups excluding carboxylic acids is 1. The molecular formula is C16H23NO4. The fourth-order valence-electron chi connectivity index (χ4n) is 2.97. The molecule has 1 amide bonds. The van der Waals surface area contributed by atoms with Crippen molar-refractivity contribution in [1.82, 2.24) is 5.32 Å². The van der Waals surface area contributed by atoms with Gasteiger partial charge in [-0.15, -0.1) is 0 Å². The van der Waals surface area contributed by atoms with Crippen molar-refractivity contribution in [2.75, 3.05) is 0 Å². The molecule has 1 aromatic rings. The number of amides is 1. The third-order valence-electron chi connectivity index (χ3n) is 4.15. The highest BCUT2D eigenvalue weighted by molar-refractivity contribution is 5.88. The second kappa shape index (κ2) is 7.29. The summed E-state index contributed by atoms with van der Waals surface area (Å²) >= 11 is 0. The summed E-state index contributed by atoms with van der Waals surface area (Å²) in [5, 5.41) is 11.7. The third-order valence-corrected chi connectivity index (χ3v) is 4.15. The first kappa shape index (κ1) is 15.6. The Bertz CT molecular complexity index is 500. The van der Waals surface area contributed by atoms with Crippen LogP contribution in [0.4, 0.5) is 0 Å². The molecule has 0 radical (unpaired) electrons. The Hall–Kier alpha value is -1.78. The van der Waals surface area contributed by atoms with Gasteiger partial charge in [0, 0.05) is 6.42 Å². The summed E-state index contributed by atoms with van der Waals surface area (Å²) in [6, 6.07) is 1.47. The van der Waals surface area contributed by atoms with Crippen LogP contribution < -0.4 is 5.32 Å². The van der Waals surface area contributed by atoms with E-state index in [1.54, 1.807) is 6.92 Å². The molecule has 2 N–H and O–H groups in total. The van der Waals surface area contributed by atoms with E-state index in [0.29, 0.717) is 17.9 Å². The van der Waals surface area contributed by atoms with Crippen molar-refractivity contribution in [3.63, 3.8) is 0 Å². The van der Waals surface area contributed by atoms with E-state index >= 15 is 0 Å². The normalized spacial score (nSPS) is 15.3. The fourth-order valence-corrected chi connectivity index (χ4v) is 2.97. The van der Waals surface area contributed by atoms with Crippen molar-refractivity contribution in [1.29, 1.82) is 0 Å². The highest BCUT2D eigenvalue weighted by Crippen LogP contribution is 2.28. The van der Waals surface area contributed by atoms with Gasteiger partial charge in [0.25, 0.3) is 0 Å². The molecule has 5 heteroatoms. The minimum atomic E-state index is -1.01. The van der Waals surface area contributed by atoms with E-state index in [9.17, 15) is 9.59 Å². The molecule has 1 fully saturated rings. The van der Waals surface area contributed by atoms with Gasteiger partial charge in [-0.25, -0.2) is 4.79 Å². The average molecular weight is 293 g/mol. The topological polar surface area (TPSA) is 79.5 Å². The molecule has 2 rings (SSSR count). The molecule has 1 heterocycles. The molecule has 0 atom stereocenters. The summed E-state index contributed by atoms with van der Waals surface area (Å²) in [7, 11) is 0. The SMILES string of the molecule is Cc1oc(CNC(=O)CCCC2CCCC2)cc1C(=O)O. The van der Waals surface area contributed by atoms with E-state index < -0.39 is 5.97 Å². The largest absolute Gasteiger partial charge is 0.478 e. The molecule has 1 aliphatic carbocycles. The average Bonchev–Trinajstić information content (AvgIpc) is 3.06. The van der Waals surface area contributed by atoms with E-state index in [2.05, 4.69) is 5.32 Å². The summed E-state index contributed by atoms with van der Waals surface area (Å²) in [4.78, 5) is 22.6. The summed E-state index contributed by atoms with van der Waals surface area (Å²) < 4.78 is 5.32. The van der Waals surface area contributed by atoms with Crippen molar-refractivity contribution in [2.45, 2.75) is 58.4 Å². The molecule has 5 nitrogen and oxygen atoms in total. The summed E-state index contributed by atoms with van der Waals surface area (Å²) in [5.41, 5.74) is 0.153. The molecule has 0 saturated heterocycles. The van der Waals surface area contributed by atoms with Crippen molar-refractivity contribution >= 4 is 11.9 Å². The maximum atomic E-state index is 11.7. The Kier molecular flexibility index (Phi) is 5.42. The molecule has 0 bridgehead atoms. The van der Waals surface area contributed by atoms with Gasteiger partial charge >= 0.3 is 5.97 Å². The van der Waals surface area contributed by atoms with Crippen LogP contribution >= 0.6 is 0 Å². The zero-order valence-corrected chi connectivity index (χ0v) is 12.5. The maximum absolute atomic E-state index is 11.7. The highest BCUT2D eigenvalue weighted by Gasteiger charge is 2.16. The van der Waals surface area contributed by atoms with E-state index in [-0.39, 0.29) is 18.0 Å². The number of aromatic carboxylic acids is 1. The first-order valence-corrected chi connectivity index (χ1v) is 7.65. The van der Waals surface area contributed by atoms with Gasteiger partial charge in [0.15, 0.2) is 0 Å². The van der Waals surface area contributed by atoms with Crippen LogP contribution in [0.25, 0.3) is 0 Å². The number of carbonyl (C=O) groups is 2. The molecule has 21 heavy (non-hydrogen) atoms. The number of furan rings is 1. The Balaban J connectivity index is 1.68. The molecule has 1 aromatic heterocycles. The molecule has 0 aromatic carbocycles. The third kappa shape index (κ3) is 4.62. The Labute approximate surface area is 124 Å². The maximum Gasteiger partial charge on any atom is 0.339 e. The van der Waals surface area contributed by atoms with E-state index in [1.165, 1.54) is 31.7 Å². The highest BCUT2D eigenvalue weighted by atomic mass is 16.4. The quantitative estimate of drug-likeness (QED) is 0.808. The number of nitrogens with one attached hydrogen (secondary N) is 1. The Morgan fingerprint density at radius 1 is 1.38 bits per heavy atom. The lowest BCUT2D eigenvalue weighted by Gasteiger charge is -2.08. The summed E-state index contributed by atoms with van der Waals surface area (Å²) in [6.45, 7) is 1.85. The van der Waals surface area contributed by atoms with Crippen molar-refractivity contribution in [2.24, 2.45) is 5.92 Å². The van der Waals surface area contributed by atoms with Gasteiger partial charge in [-0.1, -0.05) is 25.7 Å². The monoisotopic (exact) mass is 293 g/mol. The van der Waals surface area contributed by atoms with Crippen LogP contribution in [0.1, 0.15) is 66.8 Å². The summed E-state index contributed by atoms with van der Waals surface area (Å²) in [6.07, 6.45) is 7.88. The van der Waals surface area contributed by atoms with Gasteiger partial charge in [0.2, 0.25) is 5.91 Å². The second-order valence-electron chi connectivity index (χ2n) is 5.81. The van der Waals surface area contributed by atoms with Crippen molar-refractivity contribution in [3.8, 4) is 0 Å². The molecule has 0 spiro atoms. The van der Waals surface area contributed by atoms with E-state index in [0.717, 1.165) is 18.8 Å². The van der Waals surface area contributed by atoms with Gasteiger partial charge in [-0.3, -0.25) is 4.79 Å². The zero-order chi connectivity index (χ0) is 15.2. The first-order valence-electron chi connectivity index (χ1n) is 7.65. The van der Waals surface area contributed by atoms with E-state index in [1.807, 2.05) is 0 Å². The number of hydrogen-bond acceptors (Lipinski definition) is 3. The zero-order valence-electron chi connectivity index (χ0n) is 12.5. The lowest BCUT2D eigenvalue weighted by atomic mass is 10.0. The van der Waals surface area contributed by atoms with Gasteiger partial charge < -0.3 is 14.8 Å². The van der Waals surface area contributed by atoms with E-state index in [4.69, 9.17) is 9.52 Å². The number of carboxylic acids is 1. The number of rotatable bonds is 7. The van der Waals surface area contributed by atoms with Crippen LogP contribution in [0, 0.1) is 12.8 Å². The Morgan fingerprint density at radius 2 is 2.10 bits per heavy atom. The van der Waals surface area contributed by atoms with Gasteiger partial charge in [-0.2, -0.15) is 0 Å². The molecule has 1 saturated carbocycles. The molecule has 1 aliphatic rings. The number of aryl methyl sites for hydroxylation is 1. The molecule has 116 valence electrons. The fraction of sp³-hybridized carbons (Fsp3) is 0.625. The van der Waals surface area contributed by atoms with Crippen LogP contribution in [-0.2, 0) is 11.3 Å². The smallest absolute Gasteiger partial charge is 0.339 e. The molecule has 0 aliphatic heterocycles. The van der Waals surface area contributed by atoms with Crippen LogP contribution in [0.5, 0.6) is 0 Å². The predicted octanol–water partition coefficient (Wildman–Crippen LogP) is 3.26. The minimum Gasteiger partial charge on any atom is -0.478 e. The molecule has 0 unspecified atom stereocenters. The first-order chi connectivity index (χ1) is 10.1. The predicted molar refractivity (Wildman–Crippen MR) is 78.1 cm³/mol. The minimum absolute atomic E-state index is 0.000995. The lowest BCUT2D eigenvalue weighted by molar-refractivity contribution is -0.121. The number of carboxylic acid groups (broad SMARTS) is 1. The van der Waals surface area contributed by atoms with Gasteiger partial charge in [0.1, 0.15) is 17.1 Å². The molecular weight excluding hydrogens is 270 g/mol. The summed E-state index contributed by atoms with van der Waals surface area (Å²) in [5.74, 6) is 0.648. The van der Waals surface area contributed by atoms with Crippen molar-refractivity contribution < 1.29 is 19.1 Å². The van der Waals surface area contributed by atoms with Gasteiger partial charge in [0.05, 0.1) is 6.54 Å². The second-order valence-corrected chi connectivity index (χ2v) is 5.81. The standard InChI is InChI=1S/C16H23NO4/c1-11-14(16(19)20)9-13(21-11)10-17-15(18)8-4-7-12-5-2-3-6-12/h9,12H,2-8,10H2,1H3,(H,17,18)(H,19,20). The van der Waals surface area contributed by atoms with Crippen LogP contribution in [0.2, 0.25) is 0 Å².